The molecule has 0 aromatic carbocycles. The van der Waals surface area contributed by atoms with Crippen molar-refractivity contribution in [3.05, 3.63) is 18.2 Å². The third kappa shape index (κ3) is 4.67. The van der Waals surface area contributed by atoms with Crippen LogP contribution in [0.3, 0.4) is 0 Å². The van der Waals surface area contributed by atoms with E-state index in [2.05, 4.69) is 30.8 Å². The fourth-order valence-corrected chi connectivity index (χ4v) is 6.61. The Hall–Kier alpha value is -2.45. The first kappa shape index (κ1) is 24.9. The highest BCUT2D eigenvalue weighted by molar-refractivity contribution is 5.96. The number of amides is 2. The van der Waals surface area contributed by atoms with Crippen molar-refractivity contribution < 1.29 is 18.4 Å². The number of hydrogen-bond acceptors (Lipinski definition) is 9. The number of anilines is 2. The average Bonchev–Trinajstić information content (AvgIpc) is 3.42. The summed E-state index contributed by atoms with van der Waals surface area (Å²) in [5, 5.41) is 7.47. The molecule has 5 aliphatic rings. The highest BCUT2D eigenvalue weighted by Gasteiger charge is 2.47. The van der Waals surface area contributed by atoms with Crippen molar-refractivity contribution in [2.24, 2.45) is 17.6 Å². The number of pyridine rings is 1. The topological polar surface area (TPSA) is 122 Å². The molecule has 11 nitrogen and oxygen atoms in total. The third-order valence-corrected chi connectivity index (χ3v) is 8.54. The summed E-state index contributed by atoms with van der Waals surface area (Å²) in [5.74, 6) is -1.49. The predicted molar refractivity (Wildman–Crippen MR) is 132 cm³/mol. The quantitative estimate of drug-likeness (QED) is 0.408. The van der Waals surface area contributed by atoms with E-state index < -0.39 is 36.1 Å². The first-order valence-electron chi connectivity index (χ1n) is 13.3. The van der Waals surface area contributed by atoms with E-state index in [0.29, 0.717) is 32.0 Å². The Labute approximate surface area is 214 Å². The lowest BCUT2D eigenvalue weighted by molar-refractivity contribution is -0.139. The Morgan fingerprint density at radius 3 is 2.70 bits per heavy atom. The maximum atomic E-state index is 15.1. The number of rotatable bonds is 4. The van der Waals surface area contributed by atoms with E-state index in [-0.39, 0.29) is 36.3 Å². The number of halogens is 2. The zero-order valence-corrected chi connectivity index (χ0v) is 20.8. The second-order valence-electron chi connectivity index (χ2n) is 10.8. The third-order valence-electron chi connectivity index (χ3n) is 8.54. The van der Waals surface area contributed by atoms with Crippen molar-refractivity contribution in [1.29, 1.82) is 0 Å². The molecule has 0 spiro atoms. The first-order chi connectivity index (χ1) is 17.9. The van der Waals surface area contributed by atoms with Crippen LogP contribution in [0.5, 0.6) is 0 Å². The number of fused-ring (bicyclic) bond motifs is 3. The summed E-state index contributed by atoms with van der Waals surface area (Å²) in [7, 11) is 0. The predicted octanol–water partition coefficient (Wildman–Crippen LogP) is -0.719. The highest BCUT2D eigenvalue weighted by atomic mass is 19.1. The van der Waals surface area contributed by atoms with Gasteiger partial charge in [-0.25, -0.2) is 19.2 Å². The molecule has 6 atom stereocenters. The summed E-state index contributed by atoms with van der Waals surface area (Å²) in [5.41, 5.74) is 9.65. The molecule has 5 fully saturated rings. The summed E-state index contributed by atoms with van der Waals surface area (Å²) in [6.07, 6.45) is 2.63. The normalized spacial score (nSPS) is 34.5. The summed E-state index contributed by atoms with van der Waals surface area (Å²) in [6.45, 7) is 5.04. The van der Waals surface area contributed by atoms with E-state index >= 15 is 4.39 Å². The van der Waals surface area contributed by atoms with Crippen LogP contribution in [0.2, 0.25) is 0 Å². The molecule has 6 heterocycles. The monoisotopic (exact) mass is 519 g/mol. The number of nitrogens with two attached hydrogens (primary N) is 1. The van der Waals surface area contributed by atoms with Crippen LogP contribution < -0.4 is 26.7 Å². The van der Waals surface area contributed by atoms with Gasteiger partial charge in [0.2, 0.25) is 11.8 Å². The van der Waals surface area contributed by atoms with Gasteiger partial charge in [-0.3, -0.25) is 24.8 Å². The molecule has 13 heteroatoms. The minimum absolute atomic E-state index is 0.0726. The summed E-state index contributed by atoms with van der Waals surface area (Å²) >= 11 is 0. The fourth-order valence-electron chi connectivity index (χ4n) is 6.61. The van der Waals surface area contributed by atoms with E-state index in [1.807, 2.05) is 4.90 Å². The Kier molecular flexibility index (Phi) is 6.74. The van der Waals surface area contributed by atoms with Crippen molar-refractivity contribution in [2.45, 2.75) is 43.8 Å². The lowest BCUT2D eigenvalue weighted by Crippen LogP contribution is -2.58. The van der Waals surface area contributed by atoms with Gasteiger partial charge in [0.1, 0.15) is 11.9 Å². The Morgan fingerprint density at radius 2 is 1.89 bits per heavy atom. The van der Waals surface area contributed by atoms with Crippen molar-refractivity contribution in [2.75, 3.05) is 62.6 Å². The molecule has 0 saturated carbocycles. The molecule has 5 saturated heterocycles. The molecule has 0 radical (unpaired) electrons. The van der Waals surface area contributed by atoms with Crippen molar-refractivity contribution in [1.82, 2.24) is 30.5 Å². The molecular weight excluding hydrogens is 484 g/mol. The van der Waals surface area contributed by atoms with Gasteiger partial charge in [0, 0.05) is 64.3 Å². The second-order valence-corrected chi connectivity index (χ2v) is 10.8. The lowest BCUT2D eigenvalue weighted by atomic mass is 9.93. The van der Waals surface area contributed by atoms with E-state index in [9.17, 15) is 14.0 Å². The second kappa shape index (κ2) is 10.0. The van der Waals surface area contributed by atoms with Gasteiger partial charge in [-0.05, 0) is 19.3 Å². The number of carbonyl (C=O) groups excluding carboxylic acids is 2. The van der Waals surface area contributed by atoms with Crippen LogP contribution in [-0.4, -0.2) is 109 Å². The number of alkyl halides is 1. The van der Waals surface area contributed by atoms with Gasteiger partial charge >= 0.3 is 0 Å². The SMILES string of the molecule is NC1NN2CC(F)CNC2C1C(=O)Nc1cncc(F)c1N1CCC(C(=O)N2CCN3CC[C@@H]2C3)CC1. The number of piperazine rings is 1. The highest BCUT2D eigenvalue weighted by Crippen LogP contribution is 2.34. The summed E-state index contributed by atoms with van der Waals surface area (Å²) in [4.78, 5) is 36.9. The smallest absolute Gasteiger partial charge is 0.233 e. The number of nitrogens with zero attached hydrogens (tertiary/aromatic N) is 5. The first-order valence-corrected chi connectivity index (χ1v) is 13.3. The van der Waals surface area contributed by atoms with Gasteiger partial charge in [0.05, 0.1) is 36.3 Å². The average molecular weight is 520 g/mol. The number of piperidine rings is 1. The van der Waals surface area contributed by atoms with Gasteiger partial charge in [-0.1, -0.05) is 0 Å². The van der Waals surface area contributed by atoms with Crippen molar-refractivity contribution in [3.8, 4) is 0 Å². The molecule has 0 aliphatic carbocycles. The van der Waals surface area contributed by atoms with Crippen molar-refractivity contribution >= 4 is 23.2 Å². The Bertz CT molecular complexity index is 1040. The molecule has 5 N–H and O–H groups in total. The molecule has 1 aromatic heterocycles. The molecule has 202 valence electrons. The standard InChI is InChI=1S/C24H35F2N9O2/c25-15-9-29-22-19(21(27)31-35(22)12-15)23(36)30-18-11-28-10-17(26)20(18)33-5-1-14(2-6-33)24(37)34-8-7-32-4-3-16(34)13-32/h10-11,14-16,19,21-22,29,31H,1-9,12-13,27H2,(H,30,36)/t15?,16-,19?,21?,22?/m1/s1. The molecular formula is C24H35F2N9O2. The molecule has 1 aromatic rings. The van der Waals surface area contributed by atoms with Gasteiger partial charge in [0.15, 0.2) is 5.82 Å². The van der Waals surface area contributed by atoms with E-state index in [1.165, 1.54) is 6.20 Å². The number of hydrogen-bond donors (Lipinski definition) is 4. The van der Waals surface area contributed by atoms with Crippen LogP contribution in [0.4, 0.5) is 20.2 Å². The number of nitrogens with one attached hydrogen (secondary N) is 3. The zero-order chi connectivity index (χ0) is 25.7. The number of carbonyl (C=O) groups is 2. The maximum Gasteiger partial charge on any atom is 0.233 e. The van der Waals surface area contributed by atoms with Crippen LogP contribution in [0.25, 0.3) is 0 Å². The van der Waals surface area contributed by atoms with Crippen LogP contribution in [0.15, 0.2) is 12.4 Å². The Balaban J connectivity index is 1.12. The molecule has 5 aliphatic heterocycles. The van der Waals surface area contributed by atoms with Gasteiger partial charge in [0.25, 0.3) is 0 Å². The van der Waals surface area contributed by atoms with Crippen LogP contribution in [0, 0.1) is 17.7 Å². The molecule has 37 heavy (non-hydrogen) atoms. The minimum Gasteiger partial charge on any atom is -0.367 e. The van der Waals surface area contributed by atoms with Crippen molar-refractivity contribution in [3.63, 3.8) is 0 Å². The van der Waals surface area contributed by atoms with E-state index in [4.69, 9.17) is 5.73 Å². The van der Waals surface area contributed by atoms with Gasteiger partial charge in [-0.15, -0.1) is 0 Å². The van der Waals surface area contributed by atoms with Crippen LogP contribution >= 0.6 is 0 Å². The fraction of sp³-hybridized carbons (Fsp3) is 0.708. The summed E-state index contributed by atoms with van der Waals surface area (Å²) in [6, 6.07) is 0.320. The van der Waals surface area contributed by atoms with Crippen LogP contribution in [-0.2, 0) is 9.59 Å². The number of aromatic nitrogens is 1. The molecule has 2 bridgehead atoms. The Morgan fingerprint density at radius 1 is 1.08 bits per heavy atom. The zero-order valence-electron chi connectivity index (χ0n) is 20.8. The van der Waals surface area contributed by atoms with Gasteiger partial charge < -0.3 is 20.9 Å². The molecule has 2 amide bonds. The minimum atomic E-state index is -1.06. The largest absolute Gasteiger partial charge is 0.367 e. The molecule has 6 rings (SSSR count). The maximum absolute atomic E-state index is 15.1. The lowest BCUT2D eigenvalue weighted by Gasteiger charge is -2.40. The van der Waals surface area contributed by atoms with Crippen LogP contribution in [0.1, 0.15) is 19.3 Å². The van der Waals surface area contributed by atoms with Gasteiger partial charge in [-0.2, -0.15) is 0 Å². The van der Waals surface area contributed by atoms with E-state index in [1.54, 1.807) is 5.01 Å². The van der Waals surface area contributed by atoms with E-state index in [0.717, 1.165) is 38.8 Å². The number of hydrazine groups is 1. The summed E-state index contributed by atoms with van der Waals surface area (Å²) < 4.78 is 28.8. The molecule has 5 unspecified atom stereocenters.